The third-order valence-corrected chi connectivity index (χ3v) is 5.21. The number of hydrogen-bond donors (Lipinski definition) is 0. The van der Waals surface area contributed by atoms with Crippen LogP contribution in [-0.2, 0) is 16.1 Å². The fourth-order valence-electron chi connectivity index (χ4n) is 2.71. The zero-order valence-corrected chi connectivity index (χ0v) is 17.7. The second kappa shape index (κ2) is 11.3. The highest BCUT2D eigenvalue weighted by atomic mass is 35.5. The Morgan fingerprint density at radius 3 is 2.44 bits per heavy atom. The Labute approximate surface area is 170 Å². The molecule has 0 radical (unpaired) electrons. The number of benzene rings is 1. The third kappa shape index (κ3) is 6.23. The summed E-state index contributed by atoms with van der Waals surface area (Å²) >= 11 is 7.40. The summed E-state index contributed by atoms with van der Waals surface area (Å²) in [6.45, 7) is 6.91. The Morgan fingerprint density at radius 1 is 1.19 bits per heavy atom. The third-order valence-electron chi connectivity index (χ3n) is 4.00. The van der Waals surface area contributed by atoms with Crippen molar-refractivity contribution in [2.75, 3.05) is 32.6 Å². The normalized spacial score (nSPS) is 11.0. The molecule has 2 aromatic rings. The number of amides is 1. The van der Waals surface area contributed by atoms with E-state index in [9.17, 15) is 4.79 Å². The summed E-state index contributed by atoms with van der Waals surface area (Å²) in [5.74, 6) is 1.24. The number of nitrogens with zero attached hydrogens (tertiary/aromatic N) is 4. The highest BCUT2D eigenvalue weighted by Crippen LogP contribution is 2.25. The van der Waals surface area contributed by atoms with Crippen LogP contribution >= 0.6 is 23.4 Å². The lowest BCUT2D eigenvalue weighted by Crippen LogP contribution is -2.33. The fourth-order valence-corrected chi connectivity index (χ4v) is 3.70. The molecule has 8 heteroatoms. The van der Waals surface area contributed by atoms with Gasteiger partial charge in [0.1, 0.15) is 0 Å². The fraction of sp³-hybridized carbons (Fsp3) is 0.526. The second-order valence-electron chi connectivity index (χ2n) is 6.13. The van der Waals surface area contributed by atoms with E-state index in [0.717, 1.165) is 42.5 Å². The van der Waals surface area contributed by atoms with Crippen LogP contribution in [0, 0.1) is 0 Å². The summed E-state index contributed by atoms with van der Waals surface area (Å²) in [5.41, 5.74) is 0.930. The molecule has 0 aliphatic rings. The second-order valence-corrected chi connectivity index (χ2v) is 7.51. The highest BCUT2D eigenvalue weighted by Gasteiger charge is 2.18. The summed E-state index contributed by atoms with van der Waals surface area (Å²) in [4.78, 5) is 14.5. The molecule has 0 aliphatic heterocycles. The standard InChI is InChI=1S/C19H27ClN4O2S/c1-4-10-23(11-5-2)17(25)14-27-19-22-21-18(24(19)12-13-26-3)15-6-8-16(20)9-7-15/h6-9H,4-5,10-14H2,1-3H3. The lowest BCUT2D eigenvalue weighted by Gasteiger charge is -2.21. The molecule has 27 heavy (non-hydrogen) atoms. The van der Waals surface area contributed by atoms with E-state index in [4.69, 9.17) is 16.3 Å². The molecule has 6 nitrogen and oxygen atoms in total. The largest absolute Gasteiger partial charge is 0.383 e. The average molecular weight is 411 g/mol. The molecule has 1 amide bonds. The maximum atomic E-state index is 12.5. The summed E-state index contributed by atoms with van der Waals surface area (Å²) in [5, 5.41) is 10.0. The van der Waals surface area contributed by atoms with E-state index < -0.39 is 0 Å². The minimum absolute atomic E-state index is 0.137. The number of hydrogen-bond acceptors (Lipinski definition) is 5. The Balaban J connectivity index is 2.16. The summed E-state index contributed by atoms with van der Waals surface area (Å²) < 4.78 is 7.22. The van der Waals surface area contributed by atoms with Crippen molar-refractivity contribution in [1.29, 1.82) is 0 Å². The van der Waals surface area contributed by atoms with E-state index in [1.807, 2.05) is 33.7 Å². The molecular formula is C19H27ClN4O2S. The van der Waals surface area contributed by atoms with Crippen LogP contribution in [0.1, 0.15) is 26.7 Å². The number of carbonyl (C=O) groups excluding carboxylic acids is 1. The van der Waals surface area contributed by atoms with Crippen molar-refractivity contribution in [3.05, 3.63) is 29.3 Å². The van der Waals surface area contributed by atoms with Gasteiger partial charge in [-0.15, -0.1) is 10.2 Å². The monoisotopic (exact) mass is 410 g/mol. The summed E-state index contributed by atoms with van der Waals surface area (Å²) in [7, 11) is 1.66. The number of methoxy groups -OCH3 is 1. The van der Waals surface area contributed by atoms with Crippen molar-refractivity contribution in [3.63, 3.8) is 0 Å². The van der Waals surface area contributed by atoms with Crippen molar-refractivity contribution in [3.8, 4) is 11.4 Å². The molecule has 0 N–H and O–H groups in total. The first-order valence-electron chi connectivity index (χ1n) is 9.19. The number of aromatic nitrogens is 3. The van der Waals surface area contributed by atoms with E-state index in [2.05, 4.69) is 24.0 Å². The van der Waals surface area contributed by atoms with E-state index in [1.54, 1.807) is 7.11 Å². The molecule has 148 valence electrons. The maximum Gasteiger partial charge on any atom is 0.233 e. The van der Waals surface area contributed by atoms with Crippen LogP contribution in [0.15, 0.2) is 29.4 Å². The molecule has 0 spiro atoms. The molecular weight excluding hydrogens is 384 g/mol. The first-order chi connectivity index (χ1) is 13.1. The predicted octanol–water partition coefficient (Wildman–Crippen LogP) is 3.99. The predicted molar refractivity (Wildman–Crippen MR) is 110 cm³/mol. The number of ether oxygens (including phenoxy) is 1. The van der Waals surface area contributed by atoms with Gasteiger partial charge in [-0.2, -0.15) is 0 Å². The van der Waals surface area contributed by atoms with Crippen LogP contribution < -0.4 is 0 Å². The highest BCUT2D eigenvalue weighted by molar-refractivity contribution is 7.99. The molecule has 1 aromatic heterocycles. The molecule has 0 saturated carbocycles. The first kappa shape index (κ1) is 21.7. The zero-order chi connectivity index (χ0) is 19.6. The Kier molecular flexibility index (Phi) is 9.10. The van der Waals surface area contributed by atoms with Gasteiger partial charge in [-0.25, -0.2) is 0 Å². The van der Waals surface area contributed by atoms with Crippen molar-refractivity contribution in [1.82, 2.24) is 19.7 Å². The Morgan fingerprint density at radius 2 is 1.85 bits per heavy atom. The minimum atomic E-state index is 0.137. The van der Waals surface area contributed by atoms with Gasteiger partial charge in [0.05, 0.1) is 18.9 Å². The van der Waals surface area contributed by atoms with Crippen molar-refractivity contribution >= 4 is 29.3 Å². The lowest BCUT2D eigenvalue weighted by atomic mass is 10.2. The SMILES string of the molecule is CCCN(CCC)C(=O)CSc1nnc(-c2ccc(Cl)cc2)n1CCOC. The quantitative estimate of drug-likeness (QED) is 0.524. The number of carbonyl (C=O) groups is 1. The molecule has 1 heterocycles. The van der Waals surface area contributed by atoms with Gasteiger partial charge in [0.2, 0.25) is 5.91 Å². The summed E-state index contributed by atoms with van der Waals surface area (Å²) in [6.07, 6.45) is 1.92. The topological polar surface area (TPSA) is 60.2 Å². The van der Waals surface area contributed by atoms with Gasteiger partial charge in [-0.3, -0.25) is 9.36 Å². The lowest BCUT2D eigenvalue weighted by molar-refractivity contribution is -0.128. The maximum absolute atomic E-state index is 12.5. The zero-order valence-electron chi connectivity index (χ0n) is 16.2. The number of rotatable bonds is 11. The number of halogens is 1. The smallest absolute Gasteiger partial charge is 0.233 e. The van der Waals surface area contributed by atoms with Crippen molar-refractivity contribution in [2.45, 2.75) is 38.4 Å². The average Bonchev–Trinajstić information content (AvgIpc) is 3.07. The van der Waals surface area contributed by atoms with Gasteiger partial charge >= 0.3 is 0 Å². The van der Waals surface area contributed by atoms with Gasteiger partial charge in [0.15, 0.2) is 11.0 Å². The molecule has 0 bridgehead atoms. The number of thioether (sulfide) groups is 1. The van der Waals surface area contributed by atoms with Gasteiger partial charge in [-0.1, -0.05) is 37.2 Å². The van der Waals surface area contributed by atoms with Crippen LogP contribution in [0.2, 0.25) is 5.02 Å². The molecule has 0 unspecified atom stereocenters. The Bertz CT molecular complexity index is 715. The van der Waals surface area contributed by atoms with Crippen LogP contribution in [0.3, 0.4) is 0 Å². The van der Waals surface area contributed by atoms with E-state index >= 15 is 0 Å². The van der Waals surface area contributed by atoms with Crippen molar-refractivity contribution < 1.29 is 9.53 Å². The molecule has 1 aromatic carbocycles. The summed E-state index contributed by atoms with van der Waals surface area (Å²) in [6, 6.07) is 7.49. The van der Waals surface area contributed by atoms with E-state index in [1.165, 1.54) is 11.8 Å². The Hall–Kier alpha value is -1.57. The molecule has 0 atom stereocenters. The van der Waals surface area contributed by atoms with E-state index in [0.29, 0.717) is 23.9 Å². The van der Waals surface area contributed by atoms with E-state index in [-0.39, 0.29) is 5.91 Å². The van der Waals surface area contributed by atoms with Gasteiger partial charge in [0, 0.05) is 30.8 Å². The van der Waals surface area contributed by atoms with Crippen molar-refractivity contribution in [2.24, 2.45) is 0 Å². The first-order valence-corrected chi connectivity index (χ1v) is 10.6. The van der Waals surface area contributed by atoms with Gasteiger partial charge in [-0.05, 0) is 37.1 Å². The molecule has 2 rings (SSSR count). The van der Waals surface area contributed by atoms with Crippen LogP contribution in [-0.4, -0.2) is 58.1 Å². The van der Waals surface area contributed by atoms with Crippen LogP contribution in [0.25, 0.3) is 11.4 Å². The van der Waals surface area contributed by atoms with Gasteiger partial charge in [0.25, 0.3) is 0 Å². The minimum Gasteiger partial charge on any atom is -0.383 e. The molecule has 0 aliphatic carbocycles. The molecule has 0 saturated heterocycles. The van der Waals surface area contributed by atoms with Crippen LogP contribution in [0.5, 0.6) is 0 Å². The molecule has 0 fully saturated rings. The van der Waals surface area contributed by atoms with Gasteiger partial charge < -0.3 is 9.64 Å². The van der Waals surface area contributed by atoms with Crippen LogP contribution in [0.4, 0.5) is 0 Å².